The zero-order chi connectivity index (χ0) is 16.2. The minimum absolute atomic E-state index is 0.0141. The highest BCUT2D eigenvalue weighted by Gasteiger charge is 2.17. The number of hydrogen-bond donors (Lipinski definition) is 1. The number of nitrogens with one attached hydrogen (secondary N) is 1. The largest absolute Gasteiger partial charge is 0.483 e. The summed E-state index contributed by atoms with van der Waals surface area (Å²) in [4.78, 5) is 11.8. The molecule has 1 aliphatic heterocycles. The summed E-state index contributed by atoms with van der Waals surface area (Å²) in [5.41, 5.74) is 1.30. The smallest absolute Gasteiger partial charge is 0.258 e. The topological polar surface area (TPSA) is 47.6 Å². The lowest BCUT2D eigenvalue weighted by Gasteiger charge is -2.20. The van der Waals surface area contributed by atoms with Crippen molar-refractivity contribution in [1.82, 2.24) is 5.32 Å². The molecule has 1 fully saturated rings. The molecular formula is C17H24BrNO3. The predicted molar refractivity (Wildman–Crippen MR) is 90.3 cm³/mol. The first kappa shape index (κ1) is 17.3. The van der Waals surface area contributed by atoms with Crippen LogP contribution in [0.25, 0.3) is 0 Å². The van der Waals surface area contributed by atoms with Gasteiger partial charge in [-0.2, -0.15) is 0 Å². The van der Waals surface area contributed by atoms with E-state index in [1.54, 1.807) is 0 Å². The second kappa shape index (κ2) is 7.47. The molecule has 0 aliphatic carbocycles. The second-order valence-electron chi connectivity index (χ2n) is 6.62. The summed E-state index contributed by atoms with van der Waals surface area (Å²) >= 11 is 3.51. The highest BCUT2D eigenvalue weighted by Crippen LogP contribution is 2.31. The molecule has 5 heteroatoms. The summed E-state index contributed by atoms with van der Waals surface area (Å²) in [5, 5.41) is 2.85. The van der Waals surface area contributed by atoms with Crippen molar-refractivity contribution in [3.8, 4) is 5.75 Å². The van der Waals surface area contributed by atoms with Gasteiger partial charge in [-0.05, 0) is 51.9 Å². The van der Waals surface area contributed by atoms with Gasteiger partial charge in [0.25, 0.3) is 5.91 Å². The van der Waals surface area contributed by atoms with Crippen LogP contribution >= 0.6 is 15.9 Å². The molecule has 4 nitrogen and oxygen atoms in total. The van der Waals surface area contributed by atoms with Gasteiger partial charge < -0.3 is 14.8 Å². The van der Waals surface area contributed by atoms with Crippen molar-refractivity contribution in [1.29, 1.82) is 0 Å². The molecule has 0 radical (unpaired) electrons. The fourth-order valence-corrected chi connectivity index (χ4v) is 2.80. The lowest BCUT2D eigenvalue weighted by Crippen LogP contribution is -2.35. The Morgan fingerprint density at radius 1 is 1.45 bits per heavy atom. The van der Waals surface area contributed by atoms with Gasteiger partial charge in [0.2, 0.25) is 0 Å². The Bertz CT molecular complexity index is 519. The van der Waals surface area contributed by atoms with Gasteiger partial charge in [-0.15, -0.1) is 0 Å². The molecule has 0 saturated carbocycles. The van der Waals surface area contributed by atoms with E-state index in [1.165, 1.54) is 5.56 Å². The Morgan fingerprint density at radius 2 is 2.23 bits per heavy atom. The van der Waals surface area contributed by atoms with Crippen LogP contribution in [0.5, 0.6) is 5.75 Å². The minimum Gasteiger partial charge on any atom is -0.483 e. The molecule has 0 aromatic heterocycles. The average Bonchev–Trinajstić information content (AvgIpc) is 2.96. The maximum Gasteiger partial charge on any atom is 0.258 e. The molecular weight excluding hydrogens is 346 g/mol. The van der Waals surface area contributed by atoms with Crippen LogP contribution in [-0.2, 0) is 14.9 Å². The lowest BCUT2D eigenvalue weighted by molar-refractivity contribution is -0.123. The molecule has 1 aliphatic rings. The van der Waals surface area contributed by atoms with Crippen LogP contribution in [0, 0.1) is 0 Å². The monoisotopic (exact) mass is 369 g/mol. The van der Waals surface area contributed by atoms with Gasteiger partial charge in [0.05, 0.1) is 10.6 Å². The van der Waals surface area contributed by atoms with Crippen LogP contribution in [0.3, 0.4) is 0 Å². The number of rotatable bonds is 5. The van der Waals surface area contributed by atoms with Crippen LogP contribution < -0.4 is 10.1 Å². The van der Waals surface area contributed by atoms with Crippen molar-refractivity contribution in [2.24, 2.45) is 0 Å². The molecule has 1 aromatic rings. The quantitative estimate of drug-likeness (QED) is 0.864. The van der Waals surface area contributed by atoms with Crippen molar-refractivity contribution >= 4 is 21.8 Å². The first-order valence-electron chi connectivity index (χ1n) is 7.67. The molecule has 1 amide bonds. The Kier molecular flexibility index (Phi) is 5.87. The molecule has 1 aromatic carbocycles. The Morgan fingerprint density at radius 3 is 2.82 bits per heavy atom. The standard InChI is InChI=1S/C17H24BrNO3/c1-17(2,3)12-6-7-15(14(18)9-12)22-11-16(20)19-10-13-5-4-8-21-13/h6-7,9,13H,4-5,8,10-11H2,1-3H3,(H,19,20). The predicted octanol–water partition coefficient (Wildman–Crippen LogP) is 3.42. The number of carbonyl (C=O) groups excluding carboxylic acids is 1. The van der Waals surface area contributed by atoms with Crippen LogP contribution in [0.2, 0.25) is 0 Å². The van der Waals surface area contributed by atoms with E-state index in [4.69, 9.17) is 9.47 Å². The van der Waals surface area contributed by atoms with Gasteiger partial charge >= 0.3 is 0 Å². The maximum atomic E-state index is 11.8. The van der Waals surface area contributed by atoms with Gasteiger partial charge in [0.15, 0.2) is 6.61 Å². The van der Waals surface area contributed by atoms with E-state index in [9.17, 15) is 4.79 Å². The van der Waals surface area contributed by atoms with Crippen molar-refractivity contribution < 1.29 is 14.3 Å². The molecule has 122 valence electrons. The van der Waals surface area contributed by atoms with Gasteiger partial charge in [0.1, 0.15) is 5.75 Å². The van der Waals surface area contributed by atoms with E-state index >= 15 is 0 Å². The Balaban J connectivity index is 1.82. The summed E-state index contributed by atoms with van der Waals surface area (Å²) in [6.07, 6.45) is 2.24. The molecule has 1 saturated heterocycles. The van der Waals surface area contributed by atoms with Crippen LogP contribution in [0.4, 0.5) is 0 Å². The van der Waals surface area contributed by atoms with Crippen molar-refractivity contribution in [3.63, 3.8) is 0 Å². The summed E-state index contributed by atoms with van der Waals surface area (Å²) < 4.78 is 11.9. The van der Waals surface area contributed by atoms with Crippen LogP contribution in [0.1, 0.15) is 39.2 Å². The fraction of sp³-hybridized carbons (Fsp3) is 0.588. The third-order valence-corrected chi connectivity index (χ3v) is 4.33. The zero-order valence-electron chi connectivity index (χ0n) is 13.4. The molecule has 2 rings (SSSR count). The Labute approximate surface area is 140 Å². The molecule has 1 atom stereocenters. The van der Waals surface area contributed by atoms with Gasteiger partial charge in [-0.3, -0.25) is 4.79 Å². The highest BCUT2D eigenvalue weighted by atomic mass is 79.9. The van der Waals surface area contributed by atoms with E-state index in [1.807, 2.05) is 18.2 Å². The molecule has 0 spiro atoms. The van der Waals surface area contributed by atoms with Crippen molar-refractivity contribution in [2.75, 3.05) is 19.8 Å². The highest BCUT2D eigenvalue weighted by molar-refractivity contribution is 9.10. The molecule has 1 unspecified atom stereocenters. The third kappa shape index (κ3) is 4.99. The van der Waals surface area contributed by atoms with Gasteiger partial charge in [0, 0.05) is 13.2 Å². The van der Waals surface area contributed by atoms with E-state index in [-0.39, 0.29) is 24.0 Å². The fourth-order valence-electron chi connectivity index (χ4n) is 2.31. The zero-order valence-corrected chi connectivity index (χ0v) is 15.0. The number of amides is 1. The number of ether oxygens (including phenoxy) is 2. The Hall–Kier alpha value is -1.07. The third-order valence-electron chi connectivity index (χ3n) is 3.71. The molecule has 1 N–H and O–H groups in total. The molecule has 22 heavy (non-hydrogen) atoms. The summed E-state index contributed by atoms with van der Waals surface area (Å²) in [6.45, 7) is 7.85. The van der Waals surface area contributed by atoms with Crippen LogP contribution in [0.15, 0.2) is 22.7 Å². The lowest BCUT2D eigenvalue weighted by atomic mass is 9.87. The average molecular weight is 370 g/mol. The van der Waals surface area contributed by atoms with Gasteiger partial charge in [-0.1, -0.05) is 26.8 Å². The molecule has 0 bridgehead atoms. The van der Waals surface area contributed by atoms with Crippen LogP contribution in [-0.4, -0.2) is 31.8 Å². The van der Waals surface area contributed by atoms with E-state index in [0.29, 0.717) is 12.3 Å². The van der Waals surface area contributed by atoms with Crippen molar-refractivity contribution in [2.45, 2.75) is 45.1 Å². The SMILES string of the molecule is CC(C)(C)c1ccc(OCC(=O)NCC2CCCO2)c(Br)c1. The number of hydrogen-bond acceptors (Lipinski definition) is 3. The number of benzene rings is 1. The number of halogens is 1. The van der Waals surface area contributed by atoms with E-state index in [2.05, 4.69) is 42.0 Å². The second-order valence-corrected chi connectivity index (χ2v) is 7.48. The van der Waals surface area contributed by atoms with E-state index < -0.39 is 0 Å². The summed E-state index contributed by atoms with van der Waals surface area (Å²) in [7, 11) is 0. The number of carbonyl (C=O) groups is 1. The van der Waals surface area contributed by atoms with E-state index in [0.717, 1.165) is 23.9 Å². The summed E-state index contributed by atoms with van der Waals surface area (Å²) in [6, 6.07) is 5.97. The van der Waals surface area contributed by atoms with Crippen molar-refractivity contribution in [3.05, 3.63) is 28.2 Å². The minimum atomic E-state index is -0.123. The maximum absolute atomic E-state index is 11.8. The first-order chi connectivity index (χ1) is 10.4. The first-order valence-corrected chi connectivity index (χ1v) is 8.46. The normalized spacial score (nSPS) is 18.3. The van der Waals surface area contributed by atoms with Gasteiger partial charge in [-0.25, -0.2) is 0 Å². The molecule has 1 heterocycles. The summed E-state index contributed by atoms with van der Waals surface area (Å²) in [5.74, 6) is 0.558.